The summed E-state index contributed by atoms with van der Waals surface area (Å²) in [5.41, 5.74) is 6.47. The van der Waals surface area contributed by atoms with Crippen molar-refractivity contribution in [3.8, 4) is 0 Å². The standard InChI is InChI=1S/C8H10N2.NO3/c9-8(10)6-7-4-2-1-3-5-7;2-1(3)4/h1-5H,6H2,(H3,9,10);/q;-1/p+1. The van der Waals surface area contributed by atoms with Crippen molar-refractivity contribution in [2.45, 2.75) is 6.42 Å². The fourth-order valence-corrected chi connectivity index (χ4v) is 0.832. The minimum absolute atomic E-state index is 0.464. The summed E-state index contributed by atoms with van der Waals surface area (Å²) in [6.07, 6.45) is 0.667. The molecule has 1 aromatic rings. The van der Waals surface area contributed by atoms with Crippen LogP contribution in [0.15, 0.2) is 30.3 Å². The average Bonchev–Trinajstić information content (AvgIpc) is 2.03. The van der Waals surface area contributed by atoms with Crippen molar-refractivity contribution in [2.75, 3.05) is 0 Å². The Hall–Kier alpha value is -2.11. The van der Waals surface area contributed by atoms with Gasteiger partial charge in [-0.3, -0.25) is 11.1 Å². The third-order valence-electron chi connectivity index (χ3n) is 1.25. The molecule has 0 fully saturated rings. The molecular weight excluding hydrogens is 186 g/mol. The Labute approximate surface area is 80.6 Å². The Bertz CT molecular complexity index is 296. The summed E-state index contributed by atoms with van der Waals surface area (Å²) < 4.78 is 0. The third kappa shape index (κ3) is 7.99. The molecule has 14 heavy (non-hydrogen) atoms. The number of nitrogens with two attached hydrogens (primary N) is 2. The van der Waals surface area contributed by atoms with E-state index < -0.39 is 5.09 Å². The Kier molecular flexibility index (Phi) is 5.44. The van der Waals surface area contributed by atoms with Gasteiger partial charge >= 0.3 is 0 Å². The molecule has 0 saturated carbocycles. The lowest BCUT2D eigenvalue weighted by Gasteiger charge is -1.92. The van der Waals surface area contributed by atoms with Gasteiger partial charge in [0.2, 0.25) is 5.84 Å². The summed E-state index contributed by atoms with van der Waals surface area (Å²) in [5.74, 6) is 0.464. The Morgan fingerprint density at radius 1 is 1.36 bits per heavy atom. The number of benzene rings is 1. The molecule has 0 heterocycles. The van der Waals surface area contributed by atoms with Crippen LogP contribution in [0.25, 0.3) is 0 Å². The van der Waals surface area contributed by atoms with E-state index in [0.717, 1.165) is 5.56 Å². The van der Waals surface area contributed by atoms with Crippen molar-refractivity contribution in [1.82, 2.24) is 0 Å². The van der Waals surface area contributed by atoms with Gasteiger partial charge in [0.15, 0.2) is 0 Å². The highest BCUT2D eigenvalue weighted by Gasteiger charge is 1.95. The lowest BCUT2D eigenvalue weighted by Crippen LogP contribution is -2.46. The lowest BCUT2D eigenvalue weighted by atomic mass is 10.1. The molecule has 0 spiro atoms. The van der Waals surface area contributed by atoms with Crippen LogP contribution in [0.2, 0.25) is 0 Å². The zero-order valence-electron chi connectivity index (χ0n) is 7.42. The van der Waals surface area contributed by atoms with Crippen LogP contribution in [0.5, 0.6) is 0 Å². The Morgan fingerprint density at radius 2 is 1.79 bits per heavy atom. The SMILES string of the molecule is NC(=[NH2+])Cc1ccccc1.O=[N+]([O-])[O-]. The predicted octanol–water partition coefficient (Wildman–Crippen LogP) is -0.894. The molecule has 0 aliphatic carbocycles. The van der Waals surface area contributed by atoms with E-state index in [9.17, 15) is 0 Å². The maximum atomic E-state index is 8.25. The van der Waals surface area contributed by atoms with E-state index >= 15 is 0 Å². The van der Waals surface area contributed by atoms with Gasteiger partial charge in [-0.1, -0.05) is 30.3 Å². The molecule has 0 aliphatic rings. The third-order valence-corrected chi connectivity index (χ3v) is 1.25. The normalized spacial score (nSPS) is 8.29. The van der Waals surface area contributed by atoms with Crippen LogP contribution in [0.1, 0.15) is 5.56 Å². The van der Waals surface area contributed by atoms with Crippen LogP contribution in [0.3, 0.4) is 0 Å². The van der Waals surface area contributed by atoms with Crippen LogP contribution >= 0.6 is 0 Å². The fraction of sp³-hybridized carbons (Fsp3) is 0.125. The van der Waals surface area contributed by atoms with E-state index in [0.29, 0.717) is 12.3 Å². The Balaban J connectivity index is 0.000000364. The highest BCUT2D eigenvalue weighted by Crippen LogP contribution is 1.97. The van der Waals surface area contributed by atoms with Crippen LogP contribution in [0.4, 0.5) is 0 Å². The van der Waals surface area contributed by atoms with Gasteiger partial charge in [-0.2, -0.15) is 0 Å². The molecule has 76 valence electrons. The van der Waals surface area contributed by atoms with E-state index in [2.05, 4.69) is 0 Å². The second kappa shape index (κ2) is 6.41. The molecule has 6 heteroatoms. The molecule has 1 rings (SSSR count). The van der Waals surface area contributed by atoms with Gasteiger partial charge in [0, 0.05) is 0 Å². The molecule has 0 unspecified atom stereocenters. The molecule has 4 N–H and O–H groups in total. The Morgan fingerprint density at radius 3 is 2.14 bits per heavy atom. The van der Waals surface area contributed by atoms with Crippen molar-refractivity contribution in [3.05, 3.63) is 51.2 Å². The van der Waals surface area contributed by atoms with E-state index in [-0.39, 0.29) is 0 Å². The van der Waals surface area contributed by atoms with Crippen LogP contribution in [-0.2, 0) is 6.42 Å². The zero-order chi connectivity index (χ0) is 11.0. The second-order valence-electron chi connectivity index (χ2n) is 2.46. The second-order valence-corrected chi connectivity index (χ2v) is 2.46. The minimum atomic E-state index is -1.75. The maximum Gasteiger partial charge on any atom is 0.242 e. The monoisotopic (exact) mass is 197 g/mol. The van der Waals surface area contributed by atoms with Gasteiger partial charge < -0.3 is 15.3 Å². The molecule has 6 nitrogen and oxygen atoms in total. The lowest BCUT2D eigenvalue weighted by molar-refractivity contribution is -0.402. The van der Waals surface area contributed by atoms with Gasteiger partial charge in [0.25, 0.3) is 0 Å². The summed E-state index contributed by atoms with van der Waals surface area (Å²) in [5, 5.41) is 20.1. The van der Waals surface area contributed by atoms with E-state index in [1.54, 1.807) is 0 Å². The largest absolute Gasteiger partial charge is 0.356 e. The summed E-state index contributed by atoms with van der Waals surface area (Å²) in [6.45, 7) is 0. The number of nitrogens with zero attached hydrogens (tertiary/aromatic N) is 1. The molecule has 1 aromatic carbocycles. The summed E-state index contributed by atoms with van der Waals surface area (Å²) in [6, 6.07) is 9.91. The van der Waals surface area contributed by atoms with Gasteiger partial charge in [-0.25, -0.2) is 0 Å². The minimum Gasteiger partial charge on any atom is -0.356 e. The first-order valence-corrected chi connectivity index (χ1v) is 3.74. The number of amidine groups is 1. The van der Waals surface area contributed by atoms with E-state index in [1.807, 2.05) is 30.3 Å². The molecule has 0 amide bonds. The average molecular weight is 197 g/mol. The summed E-state index contributed by atoms with van der Waals surface area (Å²) in [7, 11) is 0. The highest BCUT2D eigenvalue weighted by molar-refractivity contribution is 5.76. The molecule has 0 saturated heterocycles. The van der Waals surface area contributed by atoms with E-state index in [4.69, 9.17) is 26.5 Å². The van der Waals surface area contributed by atoms with E-state index in [1.165, 1.54) is 0 Å². The van der Waals surface area contributed by atoms with Crippen molar-refractivity contribution in [2.24, 2.45) is 5.73 Å². The van der Waals surface area contributed by atoms with Gasteiger partial charge in [0.1, 0.15) is 0 Å². The van der Waals surface area contributed by atoms with Crippen LogP contribution < -0.4 is 11.1 Å². The topological polar surface area (TPSA) is 118 Å². The van der Waals surface area contributed by atoms with Gasteiger partial charge in [-0.15, -0.1) is 0 Å². The van der Waals surface area contributed by atoms with Crippen molar-refractivity contribution in [3.63, 3.8) is 0 Å². The summed E-state index contributed by atoms with van der Waals surface area (Å²) in [4.78, 5) is 8.25. The van der Waals surface area contributed by atoms with Crippen molar-refractivity contribution < 1.29 is 10.5 Å². The number of hydrogen-bond donors (Lipinski definition) is 2. The first-order chi connectivity index (χ1) is 6.52. The summed E-state index contributed by atoms with van der Waals surface area (Å²) >= 11 is 0. The highest BCUT2D eigenvalue weighted by atomic mass is 16.9. The first-order valence-electron chi connectivity index (χ1n) is 3.74. The fourth-order valence-electron chi connectivity index (χ4n) is 0.832. The first kappa shape index (κ1) is 11.9. The molecule has 0 radical (unpaired) electrons. The molecule has 0 aliphatic heterocycles. The molecule has 0 bridgehead atoms. The van der Waals surface area contributed by atoms with Crippen LogP contribution in [0, 0.1) is 15.3 Å². The van der Waals surface area contributed by atoms with Crippen LogP contribution in [-0.4, -0.2) is 10.9 Å². The molecule has 0 aromatic heterocycles. The smallest absolute Gasteiger partial charge is 0.242 e. The molecule has 0 atom stereocenters. The quantitative estimate of drug-likeness (QED) is 0.276. The van der Waals surface area contributed by atoms with Gasteiger partial charge in [0.05, 0.1) is 11.5 Å². The van der Waals surface area contributed by atoms with Crippen molar-refractivity contribution >= 4 is 5.84 Å². The number of rotatable bonds is 2. The predicted molar refractivity (Wildman–Crippen MR) is 51.6 cm³/mol. The maximum absolute atomic E-state index is 8.25. The number of hydrogen-bond acceptors (Lipinski definition) is 3. The molecular formula is C8H11N3O3. The van der Waals surface area contributed by atoms with Crippen molar-refractivity contribution in [1.29, 1.82) is 0 Å². The zero-order valence-corrected chi connectivity index (χ0v) is 7.42. The van der Waals surface area contributed by atoms with Gasteiger partial charge in [-0.05, 0) is 5.56 Å².